The number of aliphatic carboxylic acids is 1. The molecule has 3 heteroatoms. The van der Waals surface area contributed by atoms with Gasteiger partial charge in [0.2, 0.25) is 0 Å². The standard InChI is InChI=1S/C16H22O3/c1-4-6-12(2)14(11-16(17)18)9-13-7-5-8-15(10-13)19-3/h5,7-8,10-12H,4,6,9H2,1-3H3,(H,17,18). The Morgan fingerprint density at radius 3 is 2.79 bits per heavy atom. The van der Waals surface area contributed by atoms with E-state index in [0.29, 0.717) is 6.42 Å². The molecule has 0 aliphatic heterocycles. The normalized spacial score (nSPS) is 13.1. The summed E-state index contributed by atoms with van der Waals surface area (Å²) < 4.78 is 5.19. The zero-order valence-corrected chi connectivity index (χ0v) is 11.8. The molecule has 0 saturated heterocycles. The molecule has 0 aliphatic rings. The maximum atomic E-state index is 10.9. The van der Waals surface area contributed by atoms with Crippen molar-refractivity contribution in [2.75, 3.05) is 7.11 Å². The van der Waals surface area contributed by atoms with Crippen LogP contribution in [0, 0.1) is 5.92 Å². The van der Waals surface area contributed by atoms with Crippen LogP contribution in [0.25, 0.3) is 0 Å². The Labute approximate surface area is 114 Å². The lowest BCUT2D eigenvalue weighted by molar-refractivity contribution is -0.131. The van der Waals surface area contributed by atoms with Crippen molar-refractivity contribution in [2.45, 2.75) is 33.1 Å². The van der Waals surface area contributed by atoms with Gasteiger partial charge in [0.25, 0.3) is 0 Å². The second kappa shape index (κ2) is 7.62. The van der Waals surface area contributed by atoms with E-state index in [0.717, 1.165) is 29.7 Å². The Morgan fingerprint density at radius 2 is 2.21 bits per heavy atom. The minimum atomic E-state index is -0.874. The van der Waals surface area contributed by atoms with Gasteiger partial charge in [-0.15, -0.1) is 0 Å². The van der Waals surface area contributed by atoms with Crippen molar-refractivity contribution >= 4 is 5.97 Å². The number of hydrogen-bond donors (Lipinski definition) is 1. The molecule has 0 bridgehead atoms. The lowest BCUT2D eigenvalue weighted by Gasteiger charge is -2.15. The Morgan fingerprint density at radius 1 is 1.47 bits per heavy atom. The fraction of sp³-hybridized carbons (Fsp3) is 0.438. The van der Waals surface area contributed by atoms with Crippen molar-refractivity contribution in [1.82, 2.24) is 0 Å². The summed E-state index contributed by atoms with van der Waals surface area (Å²) in [6, 6.07) is 7.77. The van der Waals surface area contributed by atoms with E-state index in [9.17, 15) is 4.79 Å². The van der Waals surface area contributed by atoms with E-state index < -0.39 is 5.97 Å². The van der Waals surface area contributed by atoms with Gasteiger partial charge in [0.05, 0.1) is 7.11 Å². The summed E-state index contributed by atoms with van der Waals surface area (Å²) >= 11 is 0. The number of carboxylic acids is 1. The smallest absolute Gasteiger partial charge is 0.328 e. The number of methoxy groups -OCH3 is 1. The number of allylic oxidation sites excluding steroid dienone is 1. The zero-order valence-electron chi connectivity index (χ0n) is 11.8. The fourth-order valence-electron chi connectivity index (χ4n) is 2.16. The summed E-state index contributed by atoms with van der Waals surface area (Å²) in [4.78, 5) is 10.9. The van der Waals surface area contributed by atoms with Gasteiger partial charge in [-0.05, 0) is 36.5 Å². The van der Waals surface area contributed by atoms with E-state index in [2.05, 4.69) is 13.8 Å². The molecule has 0 aromatic heterocycles. The van der Waals surface area contributed by atoms with Crippen molar-refractivity contribution in [1.29, 1.82) is 0 Å². The molecule has 0 amide bonds. The molecule has 0 aliphatic carbocycles. The van der Waals surface area contributed by atoms with Crippen LogP contribution in [0.3, 0.4) is 0 Å². The molecule has 1 unspecified atom stereocenters. The van der Waals surface area contributed by atoms with Crippen molar-refractivity contribution < 1.29 is 14.6 Å². The van der Waals surface area contributed by atoms with Crippen molar-refractivity contribution in [2.24, 2.45) is 5.92 Å². The van der Waals surface area contributed by atoms with Crippen LogP contribution in [0.5, 0.6) is 5.75 Å². The highest BCUT2D eigenvalue weighted by Gasteiger charge is 2.11. The van der Waals surface area contributed by atoms with Gasteiger partial charge >= 0.3 is 5.97 Å². The van der Waals surface area contributed by atoms with Gasteiger partial charge in [-0.25, -0.2) is 4.79 Å². The monoisotopic (exact) mass is 262 g/mol. The number of benzene rings is 1. The van der Waals surface area contributed by atoms with Crippen LogP contribution < -0.4 is 4.74 Å². The molecule has 3 nitrogen and oxygen atoms in total. The van der Waals surface area contributed by atoms with E-state index in [4.69, 9.17) is 9.84 Å². The quantitative estimate of drug-likeness (QED) is 0.762. The molecule has 1 rings (SSSR count). The Kier molecular flexibility index (Phi) is 6.13. The maximum Gasteiger partial charge on any atom is 0.328 e. The number of ether oxygens (including phenoxy) is 1. The number of carbonyl (C=O) groups is 1. The summed E-state index contributed by atoms with van der Waals surface area (Å²) in [5, 5.41) is 8.98. The second-order valence-corrected chi connectivity index (χ2v) is 4.78. The molecule has 0 fully saturated rings. The molecule has 0 heterocycles. The van der Waals surface area contributed by atoms with Crippen LogP contribution in [0.2, 0.25) is 0 Å². The lowest BCUT2D eigenvalue weighted by atomic mass is 9.90. The molecule has 0 saturated carbocycles. The van der Waals surface area contributed by atoms with Gasteiger partial charge in [-0.2, -0.15) is 0 Å². The lowest BCUT2D eigenvalue weighted by Crippen LogP contribution is -2.06. The van der Waals surface area contributed by atoms with Gasteiger partial charge in [-0.1, -0.05) is 38.0 Å². The summed E-state index contributed by atoms with van der Waals surface area (Å²) in [7, 11) is 1.63. The highest BCUT2D eigenvalue weighted by Crippen LogP contribution is 2.23. The molecule has 1 aromatic carbocycles. The number of hydrogen-bond acceptors (Lipinski definition) is 2. The van der Waals surface area contributed by atoms with E-state index in [1.54, 1.807) is 7.11 Å². The van der Waals surface area contributed by atoms with Crippen LogP contribution in [0.1, 0.15) is 32.3 Å². The molecule has 104 valence electrons. The average molecular weight is 262 g/mol. The summed E-state index contributed by atoms with van der Waals surface area (Å²) in [6.07, 6.45) is 4.06. The maximum absolute atomic E-state index is 10.9. The molecule has 19 heavy (non-hydrogen) atoms. The predicted octanol–water partition coefficient (Wildman–Crippen LogP) is 3.68. The topological polar surface area (TPSA) is 46.5 Å². The van der Waals surface area contributed by atoms with Gasteiger partial charge < -0.3 is 9.84 Å². The zero-order chi connectivity index (χ0) is 14.3. The SMILES string of the molecule is CCCC(C)C(=CC(=O)O)Cc1cccc(OC)c1. The highest BCUT2D eigenvalue weighted by atomic mass is 16.5. The van der Waals surface area contributed by atoms with E-state index >= 15 is 0 Å². The first-order valence-electron chi connectivity index (χ1n) is 6.63. The molecule has 0 spiro atoms. The van der Waals surface area contributed by atoms with Crippen LogP contribution in [0.4, 0.5) is 0 Å². The number of carboxylic acid groups (broad SMARTS) is 1. The fourth-order valence-corrected chi connectivity index (χ4v) is 2.16. The Balaban J connectivity index is 2.90. The Bertz CT molecular complexity index is 449. The molecule has 1 aromatic rings. The minimum absolute atomic E-state index is 0.285. The first-order chi connectivity index (χ1) is 9.06. The van der Waals surface area contributed by atoms with E-state index in [1.807, 2.05) is 24.3 Å². The summed E-state index contributed by atoms with van der Waals surface area (Å²) in [5.74, 6) is 0.212. The first kappa shape index (κ1) is 15.3. The highest BCUT2D eigenvalue weighted by molar-refractivity contribution is 5.80. The third-order valence-corrected chi connectivity index (χ3v) is 3.21. The molecular weight excluding hydrogens is 240 g/mol. The van der Waals surface area contributed by atoms with Crippen LogP contribution >= 0.6 is 0 Å². The molecule has 1 atom stereocenters. The van der Waals surface area contributed by atoms with Gasteiger partial charge in [0.1, 0.15) is 5.75 Å². The van der Waals surface area contributed by atoms with Gasteiger partial charge in [0.15, 0.2) is 0 Å². The van der Waals surface area contributed by atoms with Crippen LogP contribution in [-0.2, 0) is 11.2 Å². The Hall–Kier alpha value is -1.77. The molecular formula is C16H22O3. The number of rotatable bonds is 7. The van der Waals surface area contributed by atoms with Crippen LogP contribution in [0.15, 0.2) is 35.9 Å². The minimum Gasteiger partial charge on any atom is -0.497 e. The van der Waals surface area contributed by atoms with Gasteiger partial charge in [0, 0.05) is 6.08 Å². The first-order valence-corrected chi connectivity index (χ1v) is 6.63. The van der Waals surface area contributed by atoms with Gasteiger partial charge in [-0.3, -0.25) is 0 Å². The average Bonchev–Trinajstić information content (AvgIpc) is 2.38. The van der Waals surface area contributed by atoms with Crippen molar-refractivity contribution in [3.8, 4) is 5.75 Å². The van der Waals surface area contributed by atoms with Crippen molar-refractivity contribution in [3.63, 3.8) is 0 Å². The van der Waals surface area contributed by atoms with E-state index in [1.165, 1.54) is 6.08 Å². The molecule has 1 N–H and O–H groups in total. The third kappa shape index (κ3) is 5.16. The van der Waals surface area contributed by atoms with E-state index in [-0.39, 0.29) is 5.92 Å². The van der Waals surface area contributed by atoms with Crippen LogP contribution in [-0.4, -0.2) is 18.2 Å². The summed E-state index contributed by atoms with van der Waals surface area (Å²) in [5.41, 5.74) is 2.04. The van der Waals surface area contributed by atoms with Crippen molar-refractivity contribution in [3.05, 3.63) is 41.5 Å². The predicted molar refractivity (Wildman–Crippen MR) is 76.5 cm³/mol. The largest absolute Gasteiger partial charge is 0.497 e. The summed E-state index contributed by atoms with van der Waals surface area (Å²) in [6.45, 7) is 4.19. The molecule has 0 radical (unpaired) electrons. The second-order valence-electron chi connectivity index (χ2n) is 4.78. The third-order valence-electron chi connectivity index (χ3n) is 3.21.